The van der Waals surface area contributed by atoms with Crippen LogP contribution in [0.2, 0.25) is 0 Å². The number of anilines is 2. The Morgan fingerprint density at radius 1 is 1.25 bits per heavy atom. The molecular weight excluding hydrogens is 268 g/mol. The van der Waals surface area contributed by atoms with Gasteiger partial charge < -0.3 is 10.6 Å². The molecule has 0 aromatic carbocycles. The topological polar surface area (TPSA) is 55.0 Å². The highest BCUT2D eigenvalue weighted by Gasteiger charge is 2.19. The van der Waals surface area contributed by atoms with Gasteiger partial charge in [-0.15, -0.1) is 0 Å². The second kappa shape index (κ2) is 4.57. The lowest BCUT2D eigenvalue weighted by atomic mass is 10.1. The molecule has 2 N–H and O–H groups in total. The highest BCUT2D eigenvalue weighted by Crippen LogP contribution is 2.29. The molecule has 0 spiro atoms. The van der Waals surface area contributed by atoms with Crippen molar-refractivity contribution in [1.82, 2.24) is 9.97 Å². The molecule has 1 saturated heterocycles. The van der Waals surface area contributed by atoms with Crippen LogP contribution in [0.25, 0.3) is 0 Å². The van der Waals surface area contributed by atoms with E-state index >= 15 is 0 Å². The Morgan fingerprint density at radius 3 is 2.44 bits per heavy atom. The van der Waals surface area contributed by atoms with Crippen LogP contribution in [0.3, 0.4) is 0 Å². The predicted molar refractivity (Wildman–Crippen MR) is 69.7 cm³/mol. The van der Waals surface area contributed by atoms with E-state index in [1.807, 2.05) is 0 Å². The zero-order chi connectivity index (χ0) is 11.7. The van der Waals surface area contributed by atoms with E-state index in [1.165, 1.54) is 12.8 Å². The molecule has 0 unspecified atom stereocenters. The molecule has 1 aromatic heterocycles. The number of aromatic nitrogens is 2. The number of hydrogen-bond acceptors (Lipinski definition) is 4. The number of nitrogens with two attached hydrogens (primary N) is 1. The highest BCUT2D eigenvalue weighted by atomic mass is 79.9. The third-order valence-electron chi connectivity index (χ3n) is 2.83. The molecule has 0 bridgehead atoms. The lowest BCUT2D eigenvalue weighted by Crippen LogP contribution is -2.22. The molecule has 88 valence electrons. The van der Waals surface area contributed by atoms with Crippen molar-refractivity contribution in [2.45, 2.75) is 32.6 Å². The zero-order valence-electron chi connectivity index (χ0n) is 9.70. The van der Waals surface area contributed by atoms with Crippen molar-refractivity contribution >= 4 is 27.7 Å². The first-order valence-electron chi connectivity index (χ1n) is 5.67. The summed E-state index contributed by atoms with van der Waals surface area (Å²) in [5.41, 5.74) is 6.90. The van der Waals surface area contributed by atoms with Gasteiger partial charge in [0.05, 0.1) is 10.2 Å². The SMILES string of the molecule is CC(C)c1nc(N2CCCC2)nc(N)c1Br. The van der Waals surface area contributed by atoms with Crippen molar-refractivity contribution in [3.63, 3.8) is 0 Å². The third kappa shape index (κ3) is 2.14. The molecule has 0 aliphatic carbocycles. The lowest BCUT2D eigenvalue weighted by molar-refractivity contribution is 0.790. The van der Waals surface area contributed by atoms with Gasteiger partial charge in [-0.3, -0.25) is 0 Å². The second-order valence-electron chi connectivity index (χ2n) is 4.46. The number of nitrogens with zero attached hydrogens (tertiary/aromatic N) is 3. The van der Waals surface area contributed by atoms with Crippen molar-refractivity contribution in [1.29, 1.82) is 0 Å². The number of halogens is 1. The summed E-state index contributed by atoms with van der Waals surface area (Å²) in [6.45, 7) is 6.30. The molecule has 2 rings (SSSR count). The van der Waals surface area contributed by atoms with Crippen LogP contribution in [-0.2, 0) is 0 Å². The molecule has 0 saturated carbocycles. The summed E-state index contributed by atoms with van der Waals surface area (Å²) in [6, 6.07) is 0. The predicted octanol–water partition coefficient (Wildman–Crippen LogP) is 2.54. The lowest BCUT2D eigenvalue weighted by Gasteiger charge is -2.18. The van der Waals surface area contributed by atoms with E-state index in [-0.39, 0.29) is 0 Å². The largest absolute Gasteiger partial charge is 0.383 e. The van der Waals surface area contributed by atoms with Crippen molar-refractivity contribution in [2.24, 2.45) is 0 Å². The van der Waals surface area contributed by atoms with E-state index < -0.39 is 0 Å². The Morgan fingerprint density at radius 2 is 1.88 bits per heavy atom. The molecule has 1 aliphatic heterocycles. The molecule has 1 aromatic rings. The van der Waals surface area contributed by atoms with Crippen LogP contribution >= 0.6 is 15.9 Å². The maximum Gasteiger partial charge on any atom is 0.227 e. The summed E-state index contributed by atoms with van der Waals surface area (Å²) in [5.74, 6) is 1.67. The smallest absolute Gasteiger partial charge is 0.227 e. The van der Waals surface area contributed by atoms with E-state index in [0.29, 0.717) is 11.7 Å². The number of hydrogen-bond donors (Lipinski definition) is 1. The van der Waals surface area contributed by atoms with Gasteiger partial charge in [-0.1, -0.05) is 13.8 Å². The molecule has 0 atom stereocenters. The first-order chi connectivity index (χ1) is 7.59. The maximum atomic E-state index is 5.90. The Kier molecular flexibility index (Phi) is 3.33. The van der Waals surface area contributed by atoms with Crippen molar-refractivity contribution in [3.05, 3.63) is 10.2 Å². The molecule has 16 heavy (non-hydrogen) atoms. The third-order valence-corrected chi connectivity index (χ3v) is 3.64. The minimum Gasteiger partial charge on any atom is -0.383 e. The number of nitrogen functional groups attached to an aromatic ring is 1. The molecule has 0 radical (unpaired) electrons. The van der Waals surface area contributed by atoms with E-state index in [9.17, 15) is 0 Å². The summed E-state index contributed by atoms with van der Waals surface area (Å²) in [7, 11) is 0. The van der Waals surface area contributed by atoms with Crippen molar-refractivity contribution in [3.8, 4) is 0 Å². The Hall–Kier alpha value is -0.840. The van der Waals surface area contributed by atoms with Gasteiger partial charge in [0.1, 0.15) is 5.82 Å². The molecule has 1 aliphatic rings. The standard InChI is InChI=1S/C11H17BrN4/c1-7(2)9-8(12)10(13)15-11(14-9)16-5-3-4-6-16/h7H,3-6H2,1-2H3,(H2,13,14,15). The van der Waals surface area contributed by atoms with Gasteiger partial charge in [-0.05, 0) is 34.7 Å². The summed E-state index contributed by atoms with van der Waals surface area (Å²) >= 11 is 3.45. The monoisotopic (exact) mass is 284 g/mol. The summed E-state index contributed by atoms with van der Waals surface area (Å²) in [4.78, 5) is 11.1. The molecule has 0 amide bonds. The van der Waals surface area contributed by atoms with Crippen LogP contribution < -0.4 is 10.6 Å². The summed E-state index contributed by atoms with van der Waals surface area (Å²) in [5, 5.41) is 0. The fourth-order valence-corrected chi connectivity index (χ4v) is 2.55. The van der Waals surface area contributed by atoms with Crippen LogP contribution in [0.5, 0.6) is 0 Å². The maximum absolute atomic E-state index is 5.90. The molecule has 2 heterocycles. The zero-order valence-corrected chi connectivity index (χ0v) is 11.3. The van der Waals surface area contributed by atoms with Gasteiger partial charge in [-0.25, -0.2) is 4.98 Å². The first kappa shape index (κ1) is 11.6. The van der Waals surface area contributed by atoms with E-state index in [1.54, 1.807) is 0 Å². The van der Waals surface area contributed by atoms with E-state index in [0.717, 1.165) is 29.2 Å². The minimum atomic E-state index is 0.348. The second-order valence-corrected chi connectivity index (χ2v) is 5.25. The average molecular weight is 285 g/mol. The van der Waals surface area contributed by atoms with Crippen LogP contribution in [0.15, 0.2) is 4.47 Å². The highest BCUT2D eigenvalue weighted by molar-refractivity contribution is 9.10. The van der Waals surface area contributed by atoms with E-state index in [2.05, 4.69) is 44.6 Å². The van der Waals surface area contributed by atoms with Gasteiger partial charge in [0, 0.05) is 13.1 Å². The fraction of sp³-hybridized carbons (Fsp3) is 0.636. The minimum absolute atomic E-state index is 0.348. The quantitative estimate of drug-likeness (QED) is 0.907. The van der Waals surface area contributed by atoms with Crippen molar-refractivity contribution in [2.75, 3.05) is 23.7 Å². The number of rotatable bonds is 2. The Labute approximate surface area is 104 Å². The molecule has 1 fully saturated rings. The van der Waals surface area contributed by atoms with Gasteiger partial charge >= 0.3 is 0 Å². The Bertz CT molecular complexity index is 386. The summed E-state index contributed by atoms with van der Waals surface area (Å²) in [6.07, 6.45) is 2.44. The molecule has 5 heteroatoms. The molecule has 4 nitrogen and oxygen atoms in total. The molecular formula is C11H17BrN4. The van der Waals surface area contributed by atoms with Crippen LogP contribution in [0.1, 0.15) is 38.3 Å². The Balaban J connectivity index is 2.39. The summed E-state index contributed by atoms with van der Waals surface area (Å²) < 4.78 is 0.838. The van der Waals surface area contributed by atoms with Crippen LogP contribution in [0, 0.1) is 0 Å². The fourth-order valence-electron chi connectivity index (χ4n) is 1.91. The van der Waals surface area contributed by atoms with Crippen LogP contribution in [-0.4, -0.2) is 23.1 Å². The van der Waals surface area contributed by atoms with Gasteiger partial charge in [0.25, 0.3) is 0 Å². The van der Waals surface area contributed by atoms with Crippen molar-refractivity contribution < 1.29 is 0 Å². The van der Waals surface area contributed by atoms with Gasteiger partial charge in [-0.2, -0.15) is 4.98 Å². The normalized spacial score (nSPS) is 16.1. The van der Waals surface area contributed by atoms with Gasteiger partial charge in [0.15, 0.2) is 0 Å². The van der Waals surface area contributed by atoms with Gasteiger partial charge in [0.2, 0.25) is 5.95 Å². The average Bonchev–Trinajstić information content (AvgIpc) is 2.74. The van der Waals surface area contributed by atoms with E-state index in [4.69, 9.17) is 5.73 Å². The first-order valence-corrected chi connectivity index (χ1v) is 6.46. The van der Waals surface area contributed by atoms with Crippen LogP contribution in [0.4, 0.5) is 11.8 Å².